The van der Waals surface area contributed by atoms with E-state index in [4.69, 9.17) is 10.3 Å². The molecular formula is C19H29N3O2. The van der Waals surface area contributed by atoms with E-state index in [1.165, 1.54) is 5.56 Å². The molecular weight excluding hydrogens is 302 g/mol. The van der Waals surface area contributed by atoms with Crippen LogP contribution in [0, 0.1) is 11.3 Å². The van der Waals surface area contributed by atoms with E-state index in [2.05, 4.69) is 55.1 Å². The molecule has 1 unspecified atom stereocenters. The first-order valence-electron chi connectivity index (χ1n) is 8.31. The molecule has 0 aliphatic carbocycles. The number of carbonyl (C=O) groups is 1. The second-order valence-electron chi connectivity index (χ2n) is 8.28. The first-order valence-corrected chi connectivity index (χ1v) is 8.31. The van der Waals surface area contributed by atoms with E-state index in [1.54, 1.807) is 0 Å². The third-order valence-corrected chi connectivity index (χ3v) is 3.81. The molecule has 0 spiro atoms. The van der Waals surface area contributed by atoms with Crippen LogP contribution in [-0.2, 0) is 21.4 Å². The summed E-state index contributed by atoms with van der Waals surface area (Å²) < 4.78 is 5.39. The average Bonchev–Trinajstić information content (AvgIpc) is 2.48. The molecule has 0 aliphatic heterocycles. The Morgan fingerprint density at radius 3 is 2.21 bits per heavy atom. The van der Waals surface area contributed by atoms with Gasteiger partial charge in [-0.1, -0.05) is 50.2 Å². The quantitative estimate of drug-likeness (QED) is 0.317. The van der Waals surface area contributed by atoms with Crippen molar-refractivity contribution < 1.29 is 9.53 Å². The minimum absolute atomic E-state index is 0.0207. The van der Waals surface area contributed by atoms with Crippen LogP contribution in [0.4, 0.5) is 0 Å². The first kappa shape index (κ1) is 20.0. The number of esters is 1. The second kappa shape index (κ2) is 8.20. The Balaban J connectivity index is 2.75. The van der Waals surface area contributed by atoms with Gasteiger partial charge in [0.15, 0.2) is 0 Å². The van der Waals surface area contributed by atoms with Crippen LogP contribution in [0.2, 0.25) is 0 Å². The van der Waals surface area contributed by atoms with Crippen molar-refractivity contribution in [1.29, 1.82) is 0 Å². The van der Waals surface area contributed by atoms with Crippen LogP contribution in [0.15, 0.2) is 29.4 Å². The molecule has 0 fully saturated rings. The highest BCUT2D eigenvalue weighted by atomic mass is 16.5. The highest BCUT2D eigenvalue weighted by Gasteiger charge is 2.24. The van der Waals surface area contributed by atoms with Gasteiger partial charge in [-0.25, -0.2) is 0 Å². The van der Waals surface area contributed by atoms with Gasteiger partial charge in [-0.15, -0.1) is 0 Å². The molecule has 24 heavy (non-hydrogen) atoms. The lowest BCUT2D eigenvalue weighted by Crippen LogP contribution is -2.27. The lowest BCUT2D eigenvalue weighted by atomic mass is 9.86. The van der Waals surface area contributed by atoms with E-state index >= 15 is 0 Å². The molecule has 0 amide bonds. The third kappa shape index (κ3) is 6.63. The maximum atomic E-state index is 11.9. The predicted octanol–water partition coefficient (Wildman–Crippen LogP) is 5.04. The van der Waals surface area contributed by atoms with E-state index < -0.39 is 5.41 Å². The Morgan fingerprint density at radius 1 is 1.17 bits per heavy atom. The number of ether oxygens (including phenoxy) is 1. The maximum Gasteiger partial charge on any atom is 0.311 e. The van der Waals surface area contributed by atoms with Gasteiger partial charge in [0, 0.05) is 17.4 Å². The smallest absolute Gasteiger partial charge is 0.311 e. The standard InChI is InChI=1S/C19H29N3O2/c1-18(2,3)16-9-7-14(8-10-16)11-15(12-21-22-20)13-24-17(23)19(4,5)6/h7-10,15H,11-13H2,1-6H3. The van der Waals surface area contributed by atoms with Crippen molar-refractivity contribution in [2.45, 2.75) is 53.4 Å². The van der Waals surface area contributed by atoms with Crippen molar-refractivity contribution in [3.05, 3.63) is 45.8 Å². The molecule has 0 saturated heterocycles. The van der Waals surface area contributed by atoms with Crippen LogP contribution in [0.5, 0.6) is 0 Å². The zero-order valence-electron chi connectivity index (χ0n) is 15.7. The normalized spacial score (nSPS) is 13.1. The van der Waals surface area contributed by atoms with Crippen molar-refractivity contribution in [3.63, 3.8) is 0 Å². The van der Waals surface area contributed by atoms with Crippen molar-refractivity contribution >= 4 is 5.97 Å². The largest absolute Gasteiger partial charge is 0.465 e. The molecule has 1 aromatic rings. The topological polar surface area (TPSA) is 75.1 Å². The summed E-state index contributed by atoms with van der Waals surface area (Å²) in [5.74, 6) is -0.260. The maximum absolute atomic E-state index is 11.9. The van der Waals surface area contributed by atoms with Gasteiger partial charge in [-0.3, -0.25) is 4.79 Å². The highest BCUT2D eigenvalue weighted by molar-refractivity contribution is 5.75. The van der Waals surface area contributed by atoms with E-state index in [0.717, 1.165) is 5.56 Å². The number of rotatable bonds is 6. The van der Waals surface area contributed by atoms with Crippen LogP contribution in [-0.4, -0.2) is 19.1 Å². The monoisotopic (exact) mass is 331 g/mol. The average molecular weight is 331 g/mol. The van der Waals surface area contributed by atoms with Gasteiger partial charge in [0.2, 0.25) is 0 Å². The molecule has 0 bridgehead atoms. The number of benzene rings is 1. The molecule has 0 aliphatic rings. The van der Waals surface area contributed by atoms with Gasteiger partial charge < -0.3 is 4.74 Å². The molecule has 0 saturated carbocycles. The molecule has 0 radical (unpaired) electrons. The van der Waals surface area contributed by atoms with E-state index in [9.17, 15) is 4.79 Å². The highest BCUT2D eigenvalue weighted by Crippen LogP contribution is 2.23. The van der Waals surface area contributed by atoms with E-state index in [-0.39, 0.29) is 23.9 Å². The molecule has 1 atom stereocenters. The molecule has 1 aromatic carbocycles. The number of hydrogen-bond donors (Lipinski definition) is 0. The Bertz CT molecular complexity index is 589. The zero-order valence-corrected chi connectivity index (χ0v) is 15.7. The molecule has 5 nitrogen and oxygen atoms in total. The Kier molecular flexibility index (Phi) is 6.85. The van der Waals surface area contributed by atoms with E-state index in [1.807, 2.05) is 20.8 Å². The minimum Gasteiger partial charge on any atom is -0.465 e. The van der Waals surface area contributed by atoms with Gasteiger partial charge >= 0.3 is 5.97 Å². The summed E-state index contributed by atoms with van der Waals surface area (Å²) in [6.07, 6.45) is 0.709. The third-order valence-electron chi connectivity index (χ3n) is 3.81. The van der Waals surface area contributed by atoms with Crippen molar-refractivity contribution in [1.82, 2.24) is 0 Å². The van der Waals surface area contributed by atoms with Crippen molar-refractivity contribution in [3.8, 4) is 0 Å². The summed E-state index contributed by atoms with van der Waals surface area (Å²) in [7, 11) is 0. The molecule has 0 aromatic heterocycles. The summed E-state index contributed by atoms with van der Waals surface area (Å²) in [5, 5.41) is 3.65. The fourth-order valence-corrected chi connectivity index (χ4v) is 2.21. The zero-order chi connectivity index (χ0) is 18.4. The predicted molar refractivity (Wildman–Crippen MR) is 96.8 cm³/mol. The van der Waals surface area contributed by atoms with Crippen LogP contribution in [0.25, 0.3) is 10.4 Å². The summed E-state index contributed by atoms with van der Waals surface area (Å²) in [4.78, 5) is 14.7. The van der Waals surface area contributed by atoms with Gasteiger partial charge in [0.25, 0.3) is 0 Å². The van der Waals surface area contributed by atoms with E-state index in [0.29, 0.717) is 13.0 Å². The summed E-state index contributed by atoms with van der Waals surface area (Å²) in [6.45, 7) is 12.6. The van der Waals surface area contributed by atoms with Gasteiger partial charge in [0.05, 0.1) is 12.0 Å². The molecule has 132 valence electrons. The van der Waals surface area contributed by atoms with Crippen LogP contribution in [0.1, 0.15) is 52.7 Å². The van der Waals surface area contributed by atoms with Crippen LogP contribution < -0.4 is 0 Å². The van der Waals surface area contributed by atoms with Gasteiger partial charge in [-0.2, -0.15) is 0 Å². The lowest BCUT2D eigenvalue weighted by Gasteiger charge is -2.21. The molecule has 0 N–H and O–H groups in total. The molecule has 5 heteroatoms. The van der Waals surface area contributed by atoms with Gasteiger partial charge in [-0.05, 0) is 49.3 Å². The van der Waals surface area contributed by atoms with Crippen molar-refractivity contribution in [2.24, 2.45) is 16.4 Å². The second-order valence-corrected chi connectivity index (χ2v) is 8.28. The minimum atomic E-state index is -0.530. The van der Waals surface area contributed by atoms with Crippen molar-refractivity contribution in [2.75, 3.05) is 13.2 Å². The summed E-state index contributed by atoms with van der Waals surface area (Å²) in [6, 6.07) is 8.44. The number of nitrogens with zero attached hydrogens (tertiary/aromatic N) is 3. The lowest BCUT2D eigenvalue weighted by molar-refractivity contribution is -0.154. The molecule has 0 heterocycles. The summed E-state index contributed by atoms with van der Waals surface area (Å²) in [5.41, 5.74) is 10.6. The Labute approximate surface area is 145 Å². The first-order chi connectivity index (χ1) is 11.0. The number of carbonyl (C=O) groups excluding carboxylic acids is 1. The fourth-order valence-electron chi connectivity index (χ4n) is 2.21. The molecule has 1 rings (SSSR count). The van der Waals surface area contributed by atoms with Crippen LogP contribution in [0.3, 0.4) is 0 Å². The van der Waals surface area contributed by atoms with Gasteiger partial charge in [0.1, 0.15) is 0 Å². The van der Waals surface area contributed by atoms with Crippen LogP contribution >= 0.6 is 0 Å². The SMILES string of the molecule is CC(C)(C)C(=O)OCC(CN=[N+]=[N-])Cc1ccc(C(C)(C)C)cc1. The number of hydrogen-bond acceptors (Lipinski definition) is 3. The summed E-state index contributed by atoms with van der Waals surface area (Å²) >= 11 is 0. The fraction of sp³-hybridized carbons (Fsp3) is 0.632. The number of azide groups is 1. The Morgan fingerprint density at radius 2 is 1.75 bits per heavy atom. The Hall–Kier alpha value is -2.00.